The number of hydrogen-bond donors (Lipinski definition) is 2. The molecule has 0 unspecified atom stereocenters. The first kappa shape index (κ1) is 18.0. The third-order valence-corrected chi connectivity index (χ3v) is 4.21. The van der Waals surface area contributed by atoms with Gasteiger partial charge in [0.25, 0.3) is 5.91 Å². The second-order valence-electron chi connectivity index (χ2n) is 6.38. The molecule has 1 amide bonds. The number of carbonyl (C=O) groups is 2. The van der Waals surface area contributed by atoms with Gasteiger partial charge in [-0.1, -0.05) is 20.8 Å². The van der Waals surface area contributed by atoms with Crippen molar-refractivity contribution < 1.29 is 14.7 Å². The van der Waals surface area contributed by atoms with Gasteiger partial charge in [-0.25, -0.2) is 9.78 Å². The molecule has 1 aromatic heterocycles. The number of carboxylic acids is 1. The lowest BCUT2D eigenvalue weighted by atomic mass is 10.1. The van der Waals surface area contributed by atoms with Crippen LogP contribution in [0.2, 0.25) is 0 Å². The summed E-state index contributed by atoms with van der Waals surface area (Å²) in [5, 5.41) is 11.8. The van der Waals surface area contributed by atoms with E-state index in [9.17, 15) is 9.59 Å². The molecule has 24 heavy (non-hydrogen) atoms. The Morgan fingerprint density at radius 3 is 2.46 bits per heavy atom. The molecule has 0 saturated carbocycles. The molecule has 0 aliphatic heterocycles. The van der Waals surface area contributed by atoms with Crippen molar-refractivity contribution >= 4 is 29.3 Å². The Bertz CT molecular complexity index is 782. The summed E-state index contributed by atoms with van der Waals surface area (Å²) < 4.78 is 0.113. The largest absolute Gasteiger partial charge is 0.477 e. The number of carbonyl (C=O) groups excluding carboxylic acids is 1. The van der Waals surface area contributed by atoms with Gasteiger partial charge in [-0.2, -0.15) is 0 Å². The summed E-state index contributed by atoms with van der Waals surface area (Å²) in [6.07, 6.45) is 1.31. The zero-order valence-electron chi connectivity index (χ0n) is 14.1. The number of aromatic nitrogens is 1. The van der Waals surface area contributed by atoms with Gasteiger partial charge in [0, 0.05) is 27.1 Å². The number of carboxylic acid groups (broad SMARTS) is 1. The molecule has 0 bridgehead atoms. The van der Waals surface area contributed by atoms with E-state index in [4.69, 9.17) is 5.11 Å². The fraction of sp³-hybridized carbons (Fsp3) is 0.278. The number of thioether (sulfide) groups is 1. The van der Waals surface area contributed by atoms with E-state index in [1.807, 2.05) is 25.1 Å². The van der Waals surface area contributed by atoms with Crippen molar-refractivity contribution in [3.8, 4) is 0 Å². The number of aromatic carboxylic acids is 1. The van der Waals surface area contributed by atoms with Crippen LogP contribution in [0.4, 0.5) is 5.69 Å². The summed E-state index contributed by atoms with van der Waals surface area (Å²) in [5.74, 6) is -1.52. The number of aryl methyl sites for hydroxylation is 1. The van der Waals surface area contributed by atoms with E-state index < -0.39 is 5.97 Å². The average Bonchev–Trinajstić information content (AvgIpc) is 2.48. The minimum absolute atomic E-state index is 0.113. The first-order valence-corrected chi connectivity index (χ1v) is 8.28. The smallest absolute Gasteiger partial charge is 0.354 e. The Kier molecular flexibility index (Phi) is 5.29. The van der Waals surface area contributed by atoms with E-state index in [1.165, 1.54) is 18.3 Å². The lowest BCUT2D eigenvalue weighted by molar-refractivity contribution is 0.0690. The lowest BCUT2D eigenvalue weighted by Gasteiger charge is -2.18. The highest BCUT2D eigenvalue weighted by Crippen LogP contribution is 2.33. The maximum Gasteiger partial charge on any atom is 0.354 e. The summed E-state index contributed by atoms with van der Waals surface area (Å²) in [6, 6.07) is 8.60. The minimum Gasteiger partial charge on any atom is -0.477 e. The van der Waals surface area contributed by atoms with Crippen LogP contribution in [0.15, 0.2) is 41.4 Å². The molecular formula is C18H20N2O3S. The van der Waals surface area contributed by atoms with Gasteiger partial charge in [-0.15, -0.1) is 11.8 Å². The van der Waals surface area contributed by atoms with Gasteiger partial charge in [0.1, 0.15) is 5.69 Å². The summed E-state index contributed by atoms with van der Waals surface area (Å²) in [4.78, 5) is 28.1. The van der Waals surface area contributed by atoms with Crippen molar-refractivity contribution in [2.24, 2.45) is 0 Å². The molecule has 0 spiro atoms. The molecule has 126 valence electrons. The van der Waals surface area contributed by atoms with Gasteiger partial charge in [-0.05, 0) is 42.8 Å². The Labute approximate surface area is 145 Å². The predicted molar refractivity (Wildman–Crippen MR) is 95.9 cm³/mol. The van der Waals surface area contributed by atoms with Crippen molar-refractivity contribution in [2.75, 3.05) is 5.32 Å². The standard InChI is InChI=1S/C18H20N2O3S/c1-11-9-13(24-18(2,3)4)5-6-14(11)20-16(21)12-7-8-19-15(10-12)17(22)23/h5-10H,1-4H3,(H,20,21)(H,22,23). The van der Waals surface area contributed by atoms with E-state index in [1.54, 1.807) is 11.8 Å². The highest BCUT2D eigenvalue weighted by atomic mass is 32.2. The molecule has 0 fully saturated rings. The average molecular weight is 344 g/mol. The number of hydrogen-bond acceptors (Lipinski definition) is 4. The highest BCUT2D eigenvalue weighted by molar-refractivity contribution is 8.00. The third kappa shape index (κ3) is 4.83. The van der Waals surface area contributed by atoms with Crippen LogP contribution in [0.5, 0.6) is 0 Å². The highest BCUT2D eigenvalue weighted by Gasteiger charge is 2.14. The molecule has 2 rings (SSSR count). The van der Waals surface area contributed by atoms with Crippen molar-refractivity contribution in [1.29, 1.82) is 0 Å². The van der Waals surface area contributed by atoms with Crippen LogP contribution in [0.1, 0.15) is 47.2 Å². The van der Waals surface area contributed by atoms with Gasteiger partial charge >= 0.3 is 5.97 Å². The van der Waals surface area contributed by atoms with E-state index in [0.717, 1.165) is 10.5 Å². The van der Waals surface area contributed by atoms with Crippen LogP contribution in [0.25, 0.3) is 0 Å². The second-order valence-corrected chi connectivity index (χ2v) is 8.28. The zero-order chi connectivity index (χ0) is 17.9. The molecule has 0 aliphatic rings. The third-order valence-electron chi connectivity index (χ3n) is 3.11. The van der Waals surface area contributed by atoms with E-state index in [-0.39, 0.29) is 21.9 Å². The number of benzene rings is 1. The first-order chi connectivity index (χ1) is 11.2. The lowest BCUT2D eigenvalue weighted by Crippen LogP contribution is -2.14. The van der Waals surface area contributed by atoms with Crippen LogP contribution in [0.3, 0.4) is 0 Å². The van der Waals surface area contributed by atoms with Crippen molar-refractivity contribution in [2.45, 2.75) is 37.3 Å². The molecule has 0 saturated heterocycles. The zero-order valence-corrected chi connectivity index (χ0v) is 14.9. The number of anilines is 1. The quantitative estimate of drug-likeness (QED) is 0.811. The van der Waals surface area contributed by atoms with Crippen molar-refractivity contribution in [3.05, 3.63) is 53.3 Å². The number of rotatable bonds is 4. The molecular weight excluding hydrogens is 324 g/mol. The maximum absolute atomic E-state index is 12.3. The van der Waals surface area contributed by atoms with Gasteiger partial charge in [0.05, 0.1) is 0 Å². The van der Waals surface area contributed by atoms with Gasteiger partial charge in [-0.3, -0.25) is 4.79 Å². The van der Waals surface area contributed by atoms with Crippen LogP contribution >= 0.6 is 11.8 Å². The topological polar surface area (TPSA) is 79.3 Å². The number of nitrogens with zero attached hydrogens (tertiary/aromatic N) is 1. The molecule has 0 radical (unpaired) electrons. The molecule has 2 N–H and O–H groups in total. The van der Waals surface area contributed by atoms with Crippen LogP contribution in [0, 0.1) is 6.92 Å². The Morgan fingerprint density at radius 2 is 1.88 bits per heavy atom. The number of amides is 1. The Hall–Kier alpha value is -2.34. The molecule has 1 aromatic carbocycles. The van der Waals surface area contributed by atoms with E-state index >= 15 is 0 Å². The summed E-state index contributed by atoms with van der Waals surface area (Å²) in [7, 11) is 0. The number of nitrogens with one attached hydrogen (secondary N) is 1. The fourth-order valence-electron chi connectivity index (χ4n) is 2.08. The Balaban J connectivity index is 2.17. The monoisotopic (exact) mass is 344 g/mol. The SMILES string of the molecule is Cc1cc(SC(C)(C)C)ccc1NC(=O)c1ccnc(C(=O)O)c1. The van der Waals surface area contributed by atoms with Crippen LogP contribution in [-0.4, -0.2) is 26.7 Å². The van der Waals surface area contributed by atoms with E-state index in [2.05, 4.69) is 31.1 Å². The van der Waals surface area contributed by atoms with Crippen LogP contribution < -0.4 is 5.32 Å². The predicted octanol–water partition coefficient (Wildman–Crippen LogP) is 4.23. The minimum atomic E-state index is -1.16. The molecule has 5 nitrogen and oxygen atoms in total. The summed E-state index contributed by atoms with van der Waals surface area (Å²) >= 11 is 1.76. The van der Waals surface area contributed by atoms with Crippen molar-refractivity contribution in [3.63, 3.8) is 0 Å². The van der Waals surface area contributed by atoms with Crippen molar-refractivity contribution in [1.82, 2.24) is 4.98 Å². The van der Waals surface area contributed by atoms with Gasteiger partial charge < -0.3 is 10.4 Å². The summed E-state index contributed by atoms with van der Waals surface area (Å²) in [6.45, 7) is 8.36. The normalized spacial score (nSPS) is 11.2. The Morgan fingerprint density at radius 1 is 1.17 bits per heavy atom. The summed E-state index contributed by atoms with van der Waals surface area (Å²) in [5.41, 5.74) is 1.75. The molecule has 0 aliphatic carbocycles. The molecule has 2 aromatic rings. The molecule has 0 atom stereocenters. The molecule has 1 heterocycles. The first-order valence-electron chi connectivity index (χ1n) is 7.46. The molecule has 6 heteroatoms. The van der Waals surface area contributed by atoms with E-state index in [0.29, 0.717) is 5.69 Å². The fourth-order valence-corrected chi connectivity index (χ4v) is 3.16. The second kappa shape index (κ2) is 7.05. The van der Waals surface area contributed by atoms with Gasteiger partial charge in [0.15, 0.2) is 0 Å². The van der Waals surface area contributed by atoms with Gasteiger partial charge in [0.2, 0.25) is 0 Å². The number of pyridine rings is 1. The maximum atomic E-state index is 12.3. The van der Waals surface area contributed by atoms with Crippen LogP contribution in [-0.2, 0) is 0 Å².